The Bertz CT molecular complexity index is 656. The normalized spacial score (nSPS) is 19.3. The van der Waals surface area contributed by atoms with E-state index in [1.807, 2.05) is 0 Å². The first-order valence-electron chi connectivity index (χ1n) is 6.39. The molecule has 0 heterocycles. The average molecular weight is 516 g/mol. The van der Waals surface area contributed by atoms with Crippen molar-refractivity contribution < 1.29 is 93.6 Å². The maximum atomic E-state index is 13.2. The number of alkyl halides is 19. The second-order valence-corrected chi connectivity index (χ2v) is 5.57. The van der Waals surface area contributed by atoms with Crippen molar-refractivity contribution >= 4 is 0 Å². The molecule has 0 aromatic rings. The summed E-state index contributed by atoms with van der Waals surface area (Å²) >= 11 is 0. The van der Waals surface area contributed by atoms with E-state index in [4.69, 9.17) is 10.2 Å². The van der Waals surface area contributed by atoms with Gasteiger partial charge >= 0.3 is 53.7 Å². The third kappa shape index (κ3) is 3.73. The van der Waals surface area contributed by atoms with Crippen molar-refractivity contribution in [1.82, 2.24) is 0 Å². The third-order valence-corrected chi connectivity index (χ3v) is 3.43. The molecule has 2 atom stereocenters. The standard InChI is InChI=1S/C10H3F19O2/c11-1(3(14,30)10(28,29)31)2(12,13)4(15,16)5(17,18)6(19,20)7(21,22)8(23,24)9(25,26)27/h1,30-31H. The fourth-order valence-corrected chi connectivity index (χ4v) is 1.53. The molecule has 0 aromatic heterocycles. The van der Waals surface area contributed by atoms with Gasteiger partial charge in [-0.2, -0.15) is 79.0 Å². The van der Waals surface area contributed by atoms with E-state index in [0.717, 1.165) is 0 Å². The van der Waals surface area contributed by atoms with Crippen LogP contribution in [0.1, 0.15) is 0 Å². The fraction of sp³-hybridized carbons (Fsp3) is 1.00. The largest absolute Gasteiger partial charge is 0.460 e. The van der Waals surface area contributed by atoms with Crippen LogP contribution < -0.4 is 0 Å². The number of aliphatic hydroxyl groups is 2. The lowest BCUT2D eigenvalue weighted by molar-refractivity contribution is -0.463. The van der Waals surface area contributed by atoms with E-state index in [1.54, 1.807) is 0 Å². The number of hydrogen-bond donors (Lipinski definition) is 2. The van der Waals surface area contributed by atoms with E-state index < -0.39 is 59.8 Å². The van der Waals surface area contributed by atoms with Crippen LogP contribution in [0.5, 0.6) is 0 Å². The van der Waals surface area contributed by atoms with Crippen LogP contribution in [0.3, 0.4) is 0 Å². The summed E-state index contributed by atoms with van der Waals surface area (Å²) in [7, 11) is 0. The molecule has 0 radical (unpaired) electrons. The van der Waals surface area contributed by atoms with Gasteiger partial charge in [-0.3, -0.25) is 0 Å². The second-order valence-electron chi connectivity index (χ2n) is 5.57. The maximum Gasteiger partial charge on any atom is 0.460 e. The van der Waals surface area contributed by atoms with E-state index in [-0.39, 0.29) is 0 Å². The van der Waals surface area contributed by atoms with Crippen molar-refractivity contribution in [2.24, 2.45) is 0 Å². The Hall–Kier alpha value is -1.41. The van der Waals surface area contributed by atoms with Crippen molar-refractivity contribution in [3.05, 3.63) is 0 Å². The van der Waals surface area contributed by atoms with Gasteiger partial charge in [0.1, 0.15) is 0 Å². The Kier molecular flexibility index (Phi) is 6.72. The molecule has 2 N–H and O–H groups in total. The highest BCUT2D eigenvalue weighted by Crippen LogP contribution is 2.63. The highest BCUT2D eigenvalue weighted by atomic mass is 19.4. The summed E-state index contributed by atoms with van der Waals surface area (Å²) in [6.45, 7) is 0. The summed E-state index contributed by atoms with van der Waals surface area (Å²) in [5.41, 5.74) is 0. The van der Waals surface area contributed by atoms with Crippen molar-refractivity contribution in [2.75, 3.05) is 0 Å². The molecule has 21 heteroatoms. The highest BCUT2D eigenvalue weighted by Gasteiger charge is 2.94. The predicted octanol–water partition coefficient (Wildman–Crippen LogP) is 4.94. The molecule has 31 heavy (non-hydrogen) atoms. The van der Waals surface area contributed by atoms with Crippen LogP contribution in [0.4, 0.5) is 83.4 Å². The second kappa shape index (κ2) is 7.04. The molecule has 2 unspecified atom stereocenters. The lowest BCUT2D eigenvalue weighted by atomic mass is 9.88. The molecule has 0 spiro atoms. The van der Waals surface area contributed by atoms with Crippen LogP contribution >= 0.6 is 0 Å². The average Bonchev–Trinajstić information content (AvgIpc) is 2.50. The summed E-state index contributed by atoms with van der Waals surface area (Å²) in [5.74, 6) is -58.7. The zero-order valence-corrected chi connectivity index (χ0v) is 13.2. The minimum absolute atomic E-state index is 6.59. The van der Waals surface area contributed by atoms with Crippen LogP contribution in [-0.2, 0) is 0 Å². The summed E-state index contributed by atoms with van der Waals surface area (Å²) < 4.78 is 241. The highest BCUT2D eigenvalue weighted by molar-refractivity contribution is 5.15. The van der Waals surface area contributed by atoms with Crippen molar-refractivity contribution in [3.63, 3.8) is 0 Å². The van der Waals surface area contributed by atoms with Gasteiger partial charge in [0.15, 0.2) is 0 Å². The predicted molar refractivity (Wildman–Crippen MR) is 53.9 cm³/mol. The van der Waals surface area contributed by atoms with Crippen molar-refractivity contribution in [3.8, 4) is 0 Å². The van der Waals surface area contributed by atoms with Crippen LogP contribution in [0.15, 0.2) is 0 Å². The molecular weight excluding hydrogens is 513 g/mol. The molecule has 188 valence electrons. The first-order chi connectivity index (χ1) is 12.9. The lowest BCUT2D eigenvalue weighted by Gasteiger charge is -2.43. The lowest BCUT2D eigenvalue weighted by Crippen LogP contribution is -2.75. The van der Waals surface area contributed by atoms with E-state index in [1.165, 1.54) is 0 Å². The zero-order valence-electron chi connectivity index (χ0n) is 13.2. The number of halogens is 19. The molecule has 0 bridgehead atoms. The third-order valence-electron chi connectivity index (χ3n) is 3.43. The summed E-state index contributed by atoms with van der Waals surface area (Å²) in [5, 5.41) is 15.6. The molecule has 0 aliphatic carbocycles. The van der Waals surface area contributed by atoms with E-state index >= 15 is 0 Å². The topological polar surface area (TPSA) is 40.5 Å². The molecule has 0 fully saturated rings. The molecular formula is C10H3F19O2. The van der Waals surface area contributed by atoms with Crippen LogP contribution in [0.25, 0.3) is 0 Å². The first kappa shape index (κ1) is 29.6. The van der Waals surface area contributed by atoms with Gasteiger partial charge in [0, 0.05) is 0 Å². The smallest absolute Gasteiger partial charge is 0.353 e. The molecule has 0 aromatic carbocycles. The fourth-order valence-electron chi connectivity index (χ4n) is 1.53. The summed E-state index contributed by atoms with van der Waals surface area (Å²) in [6, 6.07) is 0. The number of hydrogen-bond acceptors (Lipinski definition) is 2. The summed E-state index contributed by atoms with van der Waals surface area (Å²) in [4.78, 5) is 0. The van der Waals surface area contributed by atoms with Gasteiger partial charge in [0.05, 0.1) is 0 Å². The minimum atomic E-state index is -8.88. The van der Waals surface area contributed by atoms with Crippen LogP contribution in [-0.4, -0.2) is 70.1 Å². The van der Waals surface area contributed by atoms with Gasteiger partial charge in [0.25, 0.3) is 0 Å². The maximum absolute atomic E-state index is 13.2. The quantitative estimate of drug-likeness (QED) is 0.449. The van der Waals surface area contributed by atoms with E-state index in [0.29, 0.717) is 0 Å². The monoisotopic (exact) mass is 516 g/mol. The first-order valence-corrected chi connectivity index (χ1v) is 6.39. The van der Waals surface area contributed by atoms with Crippen LogP contribution in [0, 0.1) is 0 Å². The van der Waals surface area contributed by atoms with Gasteiger partial charge < -0.3 is 10.2 Å². The van der Waals surface area contributed by atoms with Crippen molar-refractivity contribution in [2.45, 2.75) is 59.8 Å². The van der Waals surface area contributed by atoms with Crippen LogP contribution in [0.2, 0.25) is 0 Å². The number of rotatable bonds is 8. The molecule has 0 rings (SSSR count). The van der Waals surface area contributed by atoms with E-state index in [2.05, 4.69) is 0 Å². The molecule has 0 amide bonds. The van der Waals surface area contributed by atoms with Crippen molar-refractivity contribution in [1.29, 1.82) is 0 Å². The Labute approximate surface area is 155 Å². The van der Waals surface area contributed by atoms with Gasteiger partial charge in [-0.15, -0.1) is 0 Å². The Morgan fingerprint density at radius 1 is 0.419 bits per heavy atom. The minimum Gasteiger partial charge on any atom is -0.353 e. The Balaban J connectivity index is 6.77. The summed E-state index contributed by atoms with van der Waals surface area (Å²) in [6.07, 6.45) is -21.4. The molecule has 2 nitrogen and oxygen atoms in total. The molecule has 0 saturated carbocycles. The van der Waals surface area contributed by atoms with Gasteiger partial charge in [-0.05, 0) is 0 Å². The zero-order chi connectivity index (χ0) is 26.1. The van der Waals surface area contributed by atoms with Gasteiger partial charge in [-0.25, -0.2) is 4.39 Å². The van der Waals surface area contributed by atoms with Gasteiger partial charge in [-0.1, -0.05) is 0 Å². The molecule has 0 saturated heterocycles. The Morgan fingerprint density at radius 2 is 0.677 bits per heavy atom. The Morgan fingerprint density at radius 3 is 0.935 bits per heavy atom. The SMILES string of the molecule is OC(F)(F)C(O)(F)C(F)C(F)(F)C(F)(F)C(F)(F)C(F)(F)C(F)(F)C(F)(F)C(F)(F)F. The van der Waals surface area contributed by atoms with Gasteiger partial charge in [0.2, 0.25) is 6.17 Å². The molecule has 0 aliphatic rings. The molecule has 0 aliphatic heterocycles. The van der Waals surface area contributed by atoms with E-state index in [9.17, 15) is 83.4 Å².